The first-order valence-electron chi connectivity index (χ1n) is 7.03. The molecule has 1 amide bonds. The number of aromatic nitrogens is 3. The first-order valence-corrected chi connectivity index (χ1v) is 7.03. The van der Waals surface area contributed by atoms with Crippen molar-refractivity contribution in [2.45, 2.75) is 18.8 Å². The molecule has 1 saturated heterocycles. The molecule has 3 heterocycles. The maximum absolute atomic E-state index is 11.3. The number of piperidine rings is 1. The first-order chi connectivity index (χ1) is 10.2. The van der Waals surface area contributed by atoms with Crippen LogP contribution in [0.1, 0.15) is 34.9 Å². The Kier molecular flexibility index (Phi) is 3.77. The summed E-state index contributed by atoms with van der Waals surface area (Å²) in [6, 6.07) is 7.24. The van der Waals surface area contributed by atoms with E-state index in [9.17, 15) is 4.79 Å². The number of hydrogen-bond donors (Lipinski definition) is 1. The summed E-state index contributed by atoms with van der Waals surface area (Å²) in [5, 5.41) is 0. The highest BCUT2D eigenvalue weighted by Gasteiger charge is 2.24. The molecule has 6 nitrogen and oxygen atoms in total. The van der Waals surface area contributed by atoms with Crippen molar-refractivity contribution in [3.63, 3.8) is 0 Å². The van der Waals surface area contributed by atoms with Gasteiger partial charge in [-0.25, -0.2) is 15.0 Å². The van der Waals surface area contributed by atoms with E-state index in [0.29, 0.717) is 5.69 Å². The van der Waals surface area contributed by atoms with Crippen molar-refractivity contribution in [2.24, 2.45) is 5.73 Å². The van der Waals surface area contributed by atoms with E-state index >= 15 is 0 Å². The zero-order chi connectivity index (χ0) is 14.7. The Morgan fingerprint density at radius 1 is 1.24 bits per heavy atom. The van der Waals surface area contributed by atoms with E-state index in [2.05, 4.69) is 19.9 Å². The molecule has 1 aliphatic heterocycles. The van der Waals surface area contributed by atoms with Crippen LogP contribution in [-0.4, -0.2) is 33.9 Å². The molecule has 0 aliphatic carbocycles. The van der Waals surface area contributed by atoms with E-state index in [-0.39, 0.29) is 5.92 Å². The number of nitrogens with zero attached hydrogens (tertiary/aromatic N) is 4. The Bertz CT molecular complexity index is 631. The fraction of sp³-hybridized carbons (Fsp3) is 0.333. The topological polar surface area (TPSA) is 85.0 Å². The molecule has 2 N–H and O–H groups in total. The van der Waals surface area contributed by atoms with Crippen LogP contribution in [0.3, 0.4) is 0 Å². The minimum Gasteiger partial charge on any atom is -0.364 e. The Labute approximate surface area is 123 Å². The van der Waals surface area contributed by atoms with Crippen LogP contribution in [0.4, 0.5) is 5.95 Å². The van der Waals surface area contributed by atoms with Gasteiger partial charge in [0.25, 0.3) is 5.91 Å². The summed E-state index contributed by atoms with van der Waals surface area (Å²) in [7, 11) is 0. The van der Waals surface area contributed by atoms with E-state index < -0.39 is 5.91 Å². The van der Waals surface area contributed by atoms with Crippen molar-refractivity contribution in [2.75, 3.05) is 18.0 Å². The number of carbonyl (C=O) groups is 1. The highest BCUT2D eigenvalue weighted by atomic mass is 16.1. The first kappa shape index (κ1) is 13.5. The van der Waals surface area contributed by atoms with Gasteiger partial charge < -0.3 is 10.6 Å². The summed E-state index contributed by atoms with van der Waals surface area (Å²) >= 11 is 0. The fourth-order valence-electron chi connectivity index (χ4n) is 2.67. The second-order valence-electron chi connectivity index (χ2n) is 5.15. The number of amides is 1. The Hall–Kier alpha value is -2.50. The molecule has 1 aliphatic rings. The van der Waals surface area contributed by atoms with Crippen molar-refractivity contribution in [3.8, 4) is 0 Å². The maximum Gasteiger partial charge on any atom is 0.267 e. The van der Waals surface area contributed by atoms with Crippen molar-refractivity contribution in [3.05, 3.63) is 48.0 Å². The smallest absolute Gasteiger partial charge is 0.267 e. The molecule has 1 fully saturated rings. The average molecular weight is 283 g/mol. The number of anilines is 1. The Balaban J connectivity index is 1.80. The average Bonchev–Trinajstić information content (AvgIpc) is 2.56. The van der Waals surface area contributed by atoms with Crippen LogP contribution in [0.5, 0.6) is 0 Å². The van der Waals surface area contributed by atoms with Gasteiger partial charge in [-0.15, -0.1) is 0 Å². The number of nitrogens with two attached hydrogens (primary N) is 1. The molecule has 108 valence electrons. The van der Waals surface area contributed by atoms with Gasteiger partial charge in [-0.05, 0) is 31.0 Å². The summed E-state index contributed by atoms with van der Waals surface area (Å²) in [4.78, 5) is 26.4. The maximum atomic E-state index is 11.3. The summed E-state index contributed by atoms with van der Waals surface area (Å²) in [5.74, 6) is 0.519. The number of pyridine rings is 1. The lowest BCUT2D eigenvalue weighted by atomic mass is 9.94. The SMILES string of the molecule is NC(=O)c1cccc(C2CCCN(c3ncccn3)C2)n1. The Morgan fingerprint density at radius 2 is 2.05 bits per heavy atom. The van der Waals surface area contributed by atoms with E-state index in [0.717, 1.165) is 37.6 Å². The lowest BCUT2D eigenvalue weighted by Crippen LogP contribution is -2.36. The predicted molar refractivity (Wildman–Crippen MR) is 79.0 cm³/mol. The number of rotatable bonds is 3. The zero-order valence-electron chi connectivity index (χ0n) is 11.6. The third-order valence-corrected chi connectivity index (χ3v) is 3.70. The van der Waals surface area contributed by atoms with Gasteiger partial charge in [-0.3, -0.25) is 4.79 Å². The van der Waals surface area contributed by atoms with E-state index in [1.807, 2.05) is 18.2 Å². The van der Waals surface area contributed by atoms with Gasteiger partial charge in [0.15, 0.2) is 0 Å². The molecule has 0 spiro atoms. The molecule has 0 saturated carbocycles. The second kappa shape index (κ2) is 5.87. The van der Waals surface area contributed by atoms with Crippen LogP contribution in [0.15, 0.2) is 36.7 Å². The third kappa shape index (κ3) is 2.99. The zero-order valence-corrected chi connectivity index (χ0v) is 11.6. The van der Waals surface area contributed by atoms with Crippen LogP contribution >= 0.6 is 0 Å². The standard InChI is InChI=1S/C15H17N5O/c16-14(21)13-6-1-5-12(19-13)11-4-2-9-20(10-11)15-17-7-3-8-18-15/h1,3,5-8,11H,2,4,9-10H2,(H2,16,21). The minimum absolute atomic E-state index is 0.266. The predicted octanol–water partition coefficient (Wildman–Crippen LogP) is 1.35. The summed E-state index contributed by atoms with van der Waals surface area (Å²) in [5.41, 5.74) is 6.53. The van der Waals surface area contributed by atoms with Gasteiger partial charge in [-0.2, -0.15) is 0 Å². The van der Waals surface area contributed by atoms with Crippen LogP contribution in [0.25, 0.3) is 0 Å². The van der Waals surface area contributed by atoms with Crippen molar-refractivity contribution < 1.29 is 4.79 Å². The van der Waals surface area contributed by atoms with Gasteiger partial charge >= 0.3 is 0 Å². The summed E-state index contributed by atoms with van der Waals surface area (Å²) in [6.07, 6.45) is 5.58. The Morgan fingerprint density at radius 3 is 2.81 bits per heavy atom. The summed E-state index contributed by atoms with van der Waals surface area (Å²) in [6.45, 7) is 1.75. The normalized spacial score (nSPS) is 18.5. The van der Waals surface area contributed by atoms with E-state index in [4.69, 9.17) is 5.73 Å². The molecule has 1 atom stereocenters. The van der Waals surface area contributed by atoms with Crippen LogP contribution in [-0.2, 0) is 0 Å². The largest absolute Gasteiger partial charge is 0.364 e. The lowest BCUT2D eigenvalue weighted by Gasteiger charge is -2.32. The molecule has 3 rings (SSSR count). The quantitative estimate of drug-likeness (QED) is 0.919. The van der Waals surface area contributed by atoms with Gasteiger partial charge in [0, 0.05) is 37.1 Å². The monoisotopic (exact) mass is 283 g/mol. The molecule has 0 radical (unpaired) electrons. The van der Waals surface area contributed by atoms with Gasteiger partial charge in [-0.1, -0.05) is 6.07 Å². The van der Waals surface area contributed by atoms with Crippen molar-refractivity contribution in [1.82, 2.24) is 15.0 Å². The fourth-order valence-corrected chi connectivity index (χ4v) is 2.67. The summed E-state index contributed by atoms with van der Waals surface area (Å²) < 4.78 is 0. The number of carbonyl (C=O) groups excluding carboxylic acids is 1. The lowest BCUT2D eigenvalue weighted by molar-refractivity contribution is 0.0995. The van der Waals surface area contributed by atoms with E-state index in [1.54, 1.807) is 18.5 Å². The molecule has 1 unspecified atom stereocenters. The number of primary amides is 1. The van der Waals surface area contributed by atoms with E-state index in [1.165, 1.54) is 0 Å². The highest BCUT2D eigenvalue weighted by molar-refractivity contribution is 5.90. The molecular formula is C15H17N5O. The third-order valence-electron chi connectivity index (χ3n) is 3.70. The minimum atomic E-state index is -0.490. The second-order valence-corrected chi connectivity index (χ2v) is 5.15. The van der Waals surface area contributed by atoms with Gasteiger partial charge in [0.1, 0.15) is 5.69 Å². The molecule has 6 heteroatoms. The molecule has 21 heavy (non-hydrogen) atoms. The molecule has 2 aromatic heterocycles. The highest BCUT2D eigenvalue weighted by Crippen LogP contribution is 2.27. The molecule has 0 bridgehead atoms. The van der Waals surface area contributed by atoms with Gasteiger partial charge in [0.2, 0.25) is 5.95 Å². The number of hydrogen-bond acceptors (Lipinski definition) is 5. The van der Waals surface area contributed by atoms with Crippen molar-refractivity contribution >= 4 is 11.9 Å². The molecule has 0 aromatic carbocycles. The molecule has 2 aromatic rings. The van der Waals surface area contributed by atoms with Crippen LogP contribution in [0.2, 0.25) is 0 Å². The van der Waals surface area contributed by atoms with Gasteiger partial charge in [0.05, 0.1) is 0 Å². The van der Waals surface area contributed by atoms with Crippen LogP contribution < -0.4 is 10.6 Å². The van der Waals surface area contributed by atoms with Crippen molar-refractivity contribution in [1.29, 1.82) is 0 Å². The van der Waals surface area contributed by atoms with Crippen LogP contribution in [0, 0.1) is 0 Å². The molecular weight excluding hydrogens is 266 g/mol.